The van der Waals surface area contributed by atoms with Gasteiger partial charge in [-0.25, -0.2) is 4.99 Å². The van der Waals surface area contributed by atoms with Crippen LogP contribution in [0.3, 0.4) is 0 Å². The van der Waals surface area contributed by atoms with E-state index in [2.05, 4.69) is 4.99 Å². The summed E-state index contributed by atoms with van der Waals surface area (Å²) < 4.78 is 4.96. The number of methoxy groups -OCH3 is 1. The van der Waals surface area contributed by atoms with Crippen molar-refractivity contribution in [2.75, 3.05) is 19.5 Å². The Bertz CT molecular complexity index is 201. The summed E-state index contributed by atoms with van der Waals surface area (Å²) in [7, 11) is 1.72. The van der Waals surface area contributed by atoms with Crippen molar-refractivity contribution in [2.24, 2.45) is 10.7 Å². The van der Waals surface area contributed by atoms with Gasteiger partial charge in [-0.05, 0) is 18.4 Å². The van der Waals surface area contributed by atoms with Gasteiger partial charge in [0.25, 0.3) is 0 Å². The van der Waals surface area contributed by atoms with Crippen LogP contribution in [0.5, 0.6) is 0 Å². The number of aliphatic imine (C=N–C) groups is 1. The molecule has 1 aliphatic heterocycles. The molecule has 0 amide bonds. The fraction of sp³-hybridized carbons (Fsp3) is 0.625. The summed E-state index contributed by atoms with van der Waals surface area (Å²) >= 11 is 1.60. The number of amidine groups is 1. The predicted molar refractivity (Wildman–Crippen MR) is 53.3 cm³/mol. The fourth-order valence-corrected chi connectivity index (χ4v) is 1.66. The minimum absolute atomic E-state index is 0.672. The van der Waals surface area contributed by atoms with Crippen LogP contribution in [-0.2, 0) is 4.74 Å². The lowest BCUT2D eigenvalue weighted by Crippen LogP contribution is -2.10. The molecule has 1 aliphatic rings. The van der Waals surface area contributed by atoms with E-state index < -0.39 is 0 Å². The highest BCUT2D eigenvalue weighted by Gasteiger charge is 2.04. The molecule has 0 saturated heterocycles. The van der Waals surface area contributed by atoms with E-state index in [4.69, 9.17) is 10.5 Å². The molecule has 3 nitrogen and oxygen atoms in total. The van der Waals surface area contributed by atoms with E-state index in [1.165, 1.54) is 5.57 Å². The molecule has 0 bridgehead atoms. The lowest BCUT2D eigenvalue weighted by atomic mass is 10.2. The Morgan fingerprint density at radius 1 is 1.75 bits per heavy atom. The normalized spacial score (nSPS) is 17.1. The molecule has 4 heteroatoms. The molecule has 12 heavy (non-hydrogen) atoms. The summed E-state index contributed by atoms with van der Waals surface area (Å²) in [6.45, 7) is 0.821. The van der Waals surface area contributed by atoms with Crippen molar-refractivity contribution in [2.45, 2.75) is 12.8 Å². The molecule has 1 rings (SSSR count). The molecule has 0 aliphatic carbocycles. The molecule has 68 valence electrons. The average Bonchev–Trinajstić information content (AvgIpc) is 2.09. The van der Waals surface area contributed by atoms with Crippen molar-refractivity contribution in [1.82, 2.24) is 0 Å². The van der Waals surface area contributed by atoms with E-state index in [1.807, 2.05) is 6.20 Å². The standard InChI is InChI=1S/C8H14N2OS/c1-11-4-2-3-7-5-10-8(9)12-6-7/h5H,2-4,6H2,1H3,(H2,9,10). The minimum Gasteiger partial charge on any atom is -0.385 e. The Kier molecular flexibility index (Phi) is 4.18. The Morgan fingerprint density at radius 3 is 3.17 bits per heavy atom. The molecule has 0 aromatic carbocycles. The first kappa shape index (κ1) is 9.61. The lowest BCUT2D eigenvalue weighted by Gasteiger charge is -2.09. The molecule has 1 heterocycles. The van der Waals surface area contributed by atoms with Gasteiger partial charge < -0.3 is 10.5 Å². The third-order valence-corrected chi connectivity index (χ3v) is 2.54. The molecule has 0 atom stereocenters. The monoisotopic (exact) mass is 186 g/mol. The van der Waals surface area contributed by atoms with Crippen molar-refractivity contribution < 1.29 is 4.74 Å². The van der Waals surface area contributed by atoms with Crippen molar-refractivity contribution in [3.63, 3.8) is 0 Å². The van der Waals surface area contributed by atoms with Crippen LogP contribution in [0.25, 0.3) is 0 Å². The minimum atomic E-state index is 0.672. The van der Waals surface area contributed by atoms with Gasteiger partial charge in [0.2, 0.25) is 0 Å². The van der Waals surface area contributed by atoms with Gasteiger partial charge in [0.1, 0.15) is 0 Å². The number of hydrogen-bond acceptors (Lipinski definition) is 4. The zero-order valence-corrected chi connectivity index (χ0v) is 8.06. The van der Waals surface area contributed by atoms with E-state index >= 15 is 0 Å². The largest absolute Gasteiger partial charge is 0.385 e. The number of rotatable bonds is 4. The molecular formula is C8H14N2OS. The molecule has 0 fully saturated rings. The number of nitrogens with zero attached hydrogens (tertiary/aromatic N) is 1. The summed E-state index contributed by atoms with van der Waals surface area (Å²) in [5.74, 6) is 0.985. The second kappa shape index (κ2) is 5.22. The topological polar surface area (TPSA) is 47.6 Å². The van der Waals surface area contributed by atoms with Gasteiger partial charge in [-0.2, -0.15) is 0 Å². The van der Waals surface area contributed by atoms with E-state index in [0.29, 0.717) is 5.17 Å². The summed E-state index contributed by atoms with van der Waals surface area (Å²) in [6, 6.07) is 0. The van der Waals surface area contributed by atoms with Gasteiger partial charge in [0.15, 0.2) is 5.17 Å². The van der Waals surface area contributed by atoms with Crippen LogP contribution in [0.1, 0.15) is 12.8 Å². The van der Waals surface area contributed by atoms with Crippen LogP contribution in [0.2, 0.25) is 0 Å². The van der Waals surface area contributed by atoms with Gasteiger partial charge in [-0.15, -0.1) is 0 Å². The van der Waals surface area contributed by atoms with Crippen LogP contribution >= 0.6 is 11.8 Å². The first-order valence-corrected chi connectivity index (χ1v) is 4.94. The predicted octanol–water partition coefficient (Wildman–Crippen LogP) is 1.36. The van der Waals surface area contributed by atoms with E-state index in [-0.39, 0.29) is 0 Å². The van der Waals surface area contributed by atoms with Crippen LogP contribution in [-0.4, -0.2) is 24.6 Å². The Balaban J connectivity index is 2.24. The first-order valence-electron chi connectivity index (χ1n) is 3.96. The molecule has 0 unspecified atom stereocenters. The van der Waals surface area contributed by atoms with E-state index in [0.717, 1.165) is 25.2 Å². The Labute approximate surface area is 77.1 Å². The van der Waals surface area contributed by atoms with Crippen molar-refractivity contribution in [3.05, 3.63) is 11.8 Å². The van der Waals surface area contributed by atoms with Crippen LogP contribution in [0.15, 0.2) is 16.8 Å². The quantitative estimate of drug-likeness (QED) is 0.674. The van der Waals surface area contributed by atoms with Crippen molar-refractivity contribution in [3.8, 4) is 0 Å². The summed E-state index contributed by atoms with van der Waals surface area (Å²) in [5, 5.41) is 0.672. The summed E-state index contributed by atoms with van der Waals surface area (Å²) in [6.07, 6.45) is 4.01. The zero-order valence-electron chi connectivity index (χ0n) is 7.25. The zero-order chi connectivity index (χ0) is 8.81. The highest BCUT2D eigenvalue weighted by atomic mass is 32.2. The molecule has 2 N–H and O–H groups in total. The molecule has 0 aromatic rings. The highest BCUT2D eigenvalue weighted by molar-refractivity contribution is 8.14. The third kappa shape index (κ3) is 3.28. The van der Waals surface area contributed by atoms with E-state index in [1.54, 1.807) is 18.9 Å². The van der Waals surface area contributed by atoms with Crippen LogP contribution in [0, 0.1) is 0 Å². The summed E-state index contributed by atoms with van der Waals surface area (Å²) in [4.78, 5) is 4.04. The maximum atomic E-state index is 5.50. The van der Waals surface area contributed by atoms with Gasteiger partial charge >= 0.3 is 0 Å². The second-order valence-corrected chi connectivity index (χ2v) is 3.64. The molecule has 0 aromatic heterocycles. The fourth-order valence-electron chi connectivity index (χ4n) is 0.976. The average molecular weight is 186 g/mol. The Hall–Kier alpha value is -0.480. The molecular weight excluding hydrogens is 172 g/mol. The number of ether oxygens (including phenoxy) is 1. The van der Waals surface area contributed by atoms with Gasteiger partial charge in [0.05, 0.1) is 0 Å². The highest BCUT2D eigenvalue weighted by Crippen LogP contribution is 2.17. The van der Waals surface area contributed by atoms with E-state index in [9.17, 15) is 0 Å². The van der Waals surface area contributed by atoms with Crippen LogP contribution in [0.4, 0.5) is 0 Å². The summed E-state index contributed by atoms with van der Waals surface area (Å²) in [5.41, 5.74) is 6.85. The van der Waals surface area contributed by atoms with Crippen LogP contribution < -0.4 is 5.73 Å². The maximum Gasteiger partial charge on any atom is 0.158 e. The van der Waals surface area contributed by atoms with Gasteiger partial charge in [-0.1, -0.05) is 11.8 Å². The smallest absolute Gasteiger partial charge is 0.158 e. The number of nitrogens with two attached hydrogens (primary N) is 1. The maximum absolute atomic E-state index is 5.50. The number of thioether (sulfide) groups is 1. The number of hydrogen-bond donors (Lipinski definition) is 1. The van der Waals surface area contributed by atoms with Gasteiger partial charge in [0, 0.05) is 25.7 Å². The third-order valence-electron chi connectivity index (χ3n) is 1.63. The van der Waals surface area contributed by atoms with Crippen molar-refractivity contribution in [1.29, 1.82) is 0 Å². The Morgan fingerprint density at radius 2 is 2.58 bits per heavy atom. The molecule has 0 saturated carbocycles. The first-order chi connectivity index (χ1) is 5.83. The van der Waals surface area contributed by atoms with Crippen molar-refractivity contribution >= 4 is 16.9 Å². The lowest BCUT2D eigenvalue weighted by molar-refractivity contribution is 0.195. The molecule has 0 radical (unpaired) electrons. The molecule has 0 spiro atoms. The van der Waals surface area contributed by atoms with Gasteiger partial charge in [-0.3, -0.25) is 0 Å². The second-order valence-electron chi connectivity index (χ2n) is 2.64. The SMILES string of the molecule is COCCCC1=CN=C(N)SC1.